The van der Waals surface area contributed by atoms with Crippen LogP contribution in [0.1, 0.15) is 28.1 Å². The number of hydrogen-bond acceptors (Lipinski definition) is 4. The average molecular weight is 319 g/mol. The van der Waals surface area contributed by atoms with Gasteiger partial charge in [-0.15, -0.1) is 11.3 Å². The van der Waals surface area contributed by atoms with E-state index in [4.69, 9.17) is 9.84 Å². The molecule has 1 aliphatic heterocycles. The lowest BCUT2D eigenvalue weighted by Gasteiger charge is -2.24. The first kappa shape index (κ1) is 15.8. The van der Waals surface area contributed by atoms with Crippen molar-refractivity contribution in [2.24, 2.45) is 0 Å². The predicted octanol–water partition coefficient (Wildman–Crippen LogP) is 1.92. The highest BCUT2D eigenvalue weighted by molar-refractivity contribution is 7.10. The Morgan fingerprint density at radius 1 is 1.48 bits per heavy atom. The first-order valence-corrected chi connectivity index (χ1v) is 7.32. The number of hydrogen-bond donors (Lipinski definition) is 2. The molecular weight excluding hydrogens is 304 g/mol. The maximum absolute atomic E-state index is 13.8. The first-order chi connectivity index (χ1) is 9.88. The number of carboxylic acid groups (broad SMARTS) is 1. The van der Waals surface area contributed by atoms with Crippen molar-refractivity contribution in [3.05, 3.63) is 21.9 Å². The molecule has 0 radical (unpaired) electrons. The van der Waals surface area contributed by atoms with E-state index < -0.39 is 30.3 Å². The second-order valence-corrected chi connectivity index (χ2v) is 5.81. The number of ether oxygens (including phenoxy) is 1. The number of rotatable bonds is 4. The summed E-state index contributed by atoms with van der Waals surface area (Å²) in [7, 11) is 0. The van der Waals surface area contributed by atoms with Gasteiger partial charge in [-0.3, -0.25) is 4.79 Å². The van der Waals surface area contributed by atoms with E-state index in [0.717, 1.165) is 11.3 Å². The summed E-state index contributed by atoms with van der Waals surface area (Å²) in [5.41, 5.74) is 0.0935. The quantitative estimate of drug-likeness (QED) is 0.889. The molecule has 0 aromatic carbocycles. The molecule has 5 nitrogen and oxygen atoms in total. The van der Waals surface area contributed by atoms with Crippen LogP contribution in [-0.2, 0) is 16.0 Å². The molecule has 2 rings (SSSR count). The molecule has 116 valence electrons. The number of nitrogens with one attached hydrogen (secondary N) is 1. The molecule has 2 heterocycles. The molecule has 0 aliphatic carbocycles. The molecule has 1 aromatic rings. The molecule has 1 saturated heterocycles. The van der Waals surface area contributed by atoms with Crippen molar-refractivity contribution in [1.82, 2.24) is 5.32 Å². The summed E-state index contributed by atoms with van der Waals surface area (Å²) in [6, 6.07) is 0.132. The minimum atomic E-state index is -2.99. The van der Waals surface area contributed by atoms with E-state index in [0.29, 0.717) is 4.88 Å². The maximum Gasteiger partial charge on any atom is 0.336 e. The van der Waals surface area contributed by atoms with E-state index in [9.17, 15) is 18.4 Å². The van der Waals surface area contributed by atoms with Crippen LogP contribution in [0.5, 0.6) is 0 Å². The summed E-state index contributed by atoms with van der Waals surface area (Å²) < 4.78 is 32.5. The Kier molecular flexibility index (Phi) is 4.89. The van der Waals surface area contributed by atoms with E-state index in [1.165, 1.54) is 11.4 Å². The van der Waals surface area contributed by atoms with Gasteiger partial charge < -0.3 is 15.2 Å². The monoisotopic (exact) mass is 319 g/mol. The molecule has 1 aliphatic rings. The summed E-state index contributed by atoms with van der Waals surface area (Å²) in [6.45, 7) is 0.162. The van der Waals surface area contributed by atoms with Gasteiger partial charge in [0.25, 0.3) is 5.92 Å². The molecule has 1 aromatic heterocycles. The van der Waals surface area contributed by atoms with Crippen molar-refractivity contribution in [2.75, 3.05) is 13.2 Å². The van der Waals surface area contributed by atoms with Gasteiger partial charge in [0.15, 0.2) is 0 Å². The van der Waals surface area contributed by atoms with Crippen LogP contribution in [0.2, 0.25) is 0 Å². The molecule has 2 N–H and O–H groups in total. The predicted molar refractivity (Wildman–Crippen MR) is 71.9 cm³/mol. The van der Waals surface area contributed by atoms with Crippen LogP contribution >= 0.6 is 11.3 Å². The Morgan fingerprint density at radius 2 is 2.24 bits per heavy atom. The summed E-state index contributed by atoms with van der Waals surface area (Å²) >= 11 is 1.12. The van der Waals surface area contributed by atoms with Gasteiger partial charge in [0, 0.05) is 23.3 Å². The fourth-order valence-corrected chi connectivity index (χ4v) is 2.92. The van der Waals surface area contributed by atoms with Gasteiger partial charge in [0.1, 0.15) is 0 Å². The SMILES string of the molecule is O=C(Cc1cc(C(=O)O)cs1)NC1CCOCCC1(F)F. The lowest BCUT2D eigenvalue weighted by Crippen LogP contribution is -2.47. The summed E-state index contributed by atoms with van der Waals surface area (Å²) in [5.74, 6) is -4.61. The number of carbonyl (C=O) groups excluding carboxylic acids is 1. The zero-order chi connectivity index (χ0) is 15.5. The number of amides is 1. The van der Waals surface area contributed by atoms with Crippen molar-refractivity contribution < 1.29 is 28.2 Å². The lowest BCUT2D eigenvalue weighted by atomic mass is 10.0. The molecule has 8 heteroatoms. The van der Waals surface area contributed by atoms with Crippen LogP contribution in [-0.4, -0.2) is 42.2 Å². The van der Waals surface area contributed by atoms with Crippen molar-refractivity contribution in [2.45, 2.75) is 31.2 Å². The van der Waals surface area contributed by atoms with Crippen LogP contribution in [0.25, 0.3) is 0 Å². The number of carboxylic acids is 1. The van der Waals surface area contributed by atoms with Crippen molar-refractivity contribution in [1.29, 1.82) is 0 Å². The molecule has 1 unspecified atom stereocenters. The van der Waals surface area contributed by atoms with Gasteiger partial charge in [0.05, 0.1) is 24.6 Å². The molecule has 21 heavy (non-hydrogen) atoms. The number of aromatic carboxylic acids is 1. The normalized spacial score (nSPS) is 21.5. The second kappa shape index (κ2) is 6.48. The standard InChI is InChI=1S/C13H15F2NO4S/c14-13(15)2-4-20-3-1-10(13)16-11(17)6-9-5-8(7-21-9)12(18)19/h5,7,10H,1-4,6H2,(H,16,17)(H,18,19). The number of halogens is 2. The molecule has 1 amide bonds. The van der Waals surface area contributed by atoms with E-state index in [2.05, 4.69) is 5.32 Å². The average Bonchev–Trinajstić information content (AvgIpc) is 2.78. The topological polar surface area (TPSA) is 75.6 Å². The van der Waals surface area contributed by atoms with Crippen molar-refractivity contribution >= 4 is 23.2 Å². The van der Waals surface area contributed by atoms with Crippen LogP contribution in [0.3, 0.4) is 0 Å². The van der Waals surface area contributed by atoms with Crippen LogP contribution in [0, 0.1) is 0 Å². The minimum absolute atomic E-state index is 0.0216. The molecule has 1 fully saturated rings. The summed E-state index contributed by atoms with van der Waals surface area (Å²) in [6.07, 6.45) is -0.463. The Hall–Kier alpha value is -1.54. The highest BCUT2D eigenvalue weighted by Gasteiger charge is 2.41. The Labute approximate surface area is 123 Å². The van der Waals surface area contributed by atoms with Gasteiger partial charge in [-0.1, -0.05) is 0 Å². The van der Waals surface area contributed by atoms with Crippen molar-refractivity contribution in [3.8, 4) is 0 Å². The molecule has 0 bridgehead atoms. The van der Waals surface area contributed by atoms with Gasteiger partial charge in [0.2, 0.25) is 5.91 Å². The molecular formula is C13H15F2NO4S. The van der Waals surface area contributed by atoms with E-state index in [1.807, 2.05) is 0 Å². The zero-order valence-electron chi connectivity index (χ0n) is 11.1. The highest BCUT2D eigenvalue weighted by atomic mass is 32.1. The van der Waals surface area contributed by atoms with Gasteiger partial charge in [-0.25, -0.2) is 13.6 Å². The van der Waals surface area contributed by atoms with Gasteiger partial charge in [-0.05, 0) is 12.5 Å². The third-order valence-electron chi connectivity index (χ3n) is 3.21. The van der Waals surface area contributed by atoms with Gasteiger partial charge in [-0.2, -0.15) is 0 Å². The Balaban J connectivity index is 1.95. The molecule has 1 atom stereocenters. The number of alkyl halides is 2. The fraction of sp³-hybridized carbons (Fsp3) is 0.538. The Morgan fingerprint density at radius 3 is 2.90 bits per heavy atom. The van der Waals surface area contributed by atoms with Crippen molar-refractivity contribution in [3.63, 3.8) is 0 Å². The van der Waals surface area contributed by atoms with E-state index in [1.54, 1.807) is 0 Å². The third kappa shape index (κ3) is 4.21. The highest BCUT2D eigenvalue weighted by Crippen LogP contribution is 2.27. The number of carbonyl (C=O) groups is 2. The molecule has 0 spiro atoms. The lowest BCUT2D eigenvalue weighted by molar-refractivity contribution is -0.125. The van der Waals surface area contributed by atoms with Crippen LogP contribution < -0.4 is 5.32 Å². The zero-order valence-corrected chi connectivity index (χ0v) is 11.9. The fourth-order valence-electron chi connectivity index (χ4n) is 2.06. The third-order valence-corrected chi connectivity index (χ3v) is 4.15. The minimum Gasteiger partial charge on any atom is -0.478 e. The Bertz CT molecular complexity index is 532. The van der Waals surface area contributed by atoms with Crippen LogP contribution in [0.4, 0.5) is 8.78 Å². The maximum atomic E-state index is 13.8. The number of thiophene rings is 1. The largest absolute Gasteiger partial charge is 0.478 e. The first-order valence-electron chi connectivity index (χ1n) is 6.44. The van der Waals surface area contributed by atoms with Crippen LogP contribution in [0.15, 0.2) is 11.4 Å². The summed E-state index contributed by atoms with van der Waals surface area (Å²) in [5, 5.41) is 12.5. The smallest absolute Gasteiger partial charge is 0.336 e. The van der Waals surface area contributed by atoms with E-state index in [-0.39, 0.29) is 31.6 Å². The van der Waals surface area contributed by atoms with Gasteiger partial charge >= 0.3 is 5.97 Å². The molecule has 0 saturated carbocycles. The second-order valence-electron chi connectivity index (χ2n) is 4.82. The summed E-state index contributed by atoms with van der Waals surface area (Å²) in [4.78, 5) is 23.1. The van der Waals surface area contributed by atoms with E-state index >= 15 is 0 Å².